The zero-order chi connectivity index (χ0) is 45.0. The summed E-state index contributed by atoms with van der Waals surface area (Å²) in [5.74, 6) is 0.864. The minimum absolute atomic E-state index is 0.235. The zero-order valence-electron chi connectivity index (χ0n) is 37.3. The number of amidine groups is 1. The van der Waals surface area contributed by atoms with E-state index in [2.05, 4.69) is 206 Å². The Hall–Kier alpha value is -8.54. The van der Waals surface area contributed by atoms with Gasteiger partial charge >= 0.3 is 0 Å². The topological polar surface area (TPSA) is 68.8 Å². The maximum Gasteiger partial charge on any atom is 0.207 e. The van der Waals surface area contributed by atoms with Gasteiger partial charge in [0, 0.05) is 43.6 Å². The van der Waals surface area contributed by atoms with E-state index < -0.39 is 0 Å². The van der Waals surface area contributed by atoms with Gasteiger partial charge in [-0.15, -0.1) is 0 Å². The first-order chi connectivity index (χ1) is 33.0. The second-order valence-electron chi connectivity index (χ2n) is 17.4. The fraction of sp³-hybridized carbons (Fsp3) is 0.0645. The van der Waals surface area contributed by atoms with Crippen molar-refractivity contribution in [2.24, 2.45) is 15.7 Å². The van der Waals surface area contributed by atoms with Crippen LogP contribution in [-0.2, 0) is 6.42 Å². The van der Waals surface area contributed by atoms with Gasteiger partial charge in [-0.05, 0) is 75.0 Å². The molecule has 5 nitrogen and oxygen atoms in total. The minimum Gasteiger partial charge on any atom is -0.455 e. The first kappa shape index (κ1) is 40.0. The quantitative estimate of drug-likeness (QED) is 0.0985. The van der Waals surface area contributed by atoms with Crippen molar-refractivity contribution in [2.45, 2.75) is 26.3 Å². The van der Waals surface area contributed by atoms with Gasteiger partial charge in [0.15, 0.2) is 5.84 Å². The van der Waals surface area contributed by atoms with Gasteiger partial charge in [0.25, 0.3) is 0 Å². The van der Waals surface area contributed by atoms with Crippen LogP contribution in [0, 0.1) is 0 Å². The average Bonchev–Trinajstić information content (AvgIpc) is 3.96. The lowest BCUT2D eigenvalue weighted by Gasteiger charge is -2.15. The van der Waals surface area contributed by atoms with E-state index in [1.807, 2.05) is 24.3 Å². The maximum atomic E-state index is 7.66. The van der Waals surface area contributed by atoms with Crippen LogP contribution in [0.15, 0.2) is 227 Å². The molecule has 0 aliphatic carbocycles. The monoisotopic (exact) mass is 862 g/mol. The molecule has 1 atom stereocenters. The first-order valence-electron chi connectivity index (χ1n) is 23.1. The summed E-state index contributed by atoms with van der Waals surface area (Å²) < 4.78 is 8.92. The Morgan fingerprint density at radius 1 is 0.507 bits per heavy atom. The molecule has 2 N–H and O–H groups in total. The molecular weight excluding hydrogens is 817 g/mol. The highest BCUT2D eigenvalue weighted by molar-refractivity contribution is 6.35. The molecule has 2 aromatic heterocycles. The Bertz CT molecular complexity index is 3900. The number of hydrogen-bond donors (Lipinski definition) is 1. The van der Waals surface area contributed by atoms with Gasteiger partial charge in [-0.2, -0.15) is 4.99 Å². The molecule has 10 aromatic carbocycles. The van der Waals surface area contributed by atoms with E-state index in [9.17, 15) is 0 Å². The third-order valence-electron chi connectivity index (χ3n) is 13.4. The number of fused-ring (bicyclic) bond motifs is 11. The summed E-state index contributed by atoms with van der Waals surface area (Å²) in [4.78, 5) is 10.9. The van der Waals surface area contributed by atoms with E-state index in [-0.39, 0.29) is 6.04 Å². The second kappa shape index (κ2) is 16.5. The van der Waals surface area contributed by atoms with E-state index in [4.69, 9.17) is 20.1 Å². The summed E-state index contributed by atoms with van der Waals surface area (Å²) in [5, 5.41) is 8.99. The van der Waals surface area contributed by atoms with Crippen LogP contribution in [0.25, 0.3) is 98.7 Å². The highest BCUT2D eigenvalue weighted by Crippen LogP contribution is 2.45. The first-order valence-corrected chi connectivity index (χ1v) is 23.1. The third-order valence-corrected chi connectivity index (χ3v) is 13.4. The van der Waals surface area contributed by atoms with Crippen LogP contribution < -0.4 is 5.73 Å². The fourth-order valence-electron chi connectivity index (χ4n) is 10.1. The van der Waals surface area contributed by atoms with E-state index in [1.54, 1.807) is 0 Å². The number of rotatable bonds is 7. The molecule has 0 bridgehead atoms. The van der Waals surface area contributed by atoms with Gasteiger partial charge < -0.3 is 10.2 Å². The largest absolute Gasteiger partial charge is 0.455 e. The van der Waals surface area contributed by atoms with E-state index in [0.717, 1.165) is 105 Å². The Morgan fingerprint density at radius 3 is 1.78 bits per heavy atom. The molecule has 0 spiro atoms. The summed E-state index contributed by atoms with van der Waals surface area (Å²) >= 11 is 0. The van der Waals surface area contributed by atoms with Crippen molar-refractivity contribution < 1.29 is 4.42 Å². The Kier molecular flexibility index (Phi) is 9.83. The predicted octanol–water partition coefficient (Wildman–Crippen LogP) is 15.9. The van der Waals surface area contributed by atoms with Crippen LogP contribution in [-0.4, -0.2) is 16.4 Å². The molecule has 2 heterocycles. The number of aryl methyl sites for hydroxylation is 1. The average molecular weight is 863 g/mol. The van der Waals surface area contributed by atoms with Crippen molar-refractivity contribution in [3.05, 3.63) is 229 Å². The van der Waals surface area contributed by atoms with E-state index >= 15 is 0 Å². The lowest BCUT2D eigenvalue weighted by molar-refractivity contribution is 0.670. The predicted molar refractivity (Wildman–Crippen MR) is 282 cm³/mol. The van der Waals surface area contributed by atoms with Gasteiger partial charge in [-0.25, -0.2) is 0 Å². The minimum atomic E-state index is -0.235. The van der Waals surface area contributed by atoms with E-state index in [1.165, 1.54) is 16.5 Å². The lowest BCUT2D eigenvalue weighted by Crippen LogP contribution is -2.24. The summed E-state index contributed by atoms with van der Waals surface area (Å²) in [5.41, 5.74) is 21.1. The number of aromatic nitrogens is 1. The summed E-state index contributed by atoms with van der Waals surface area (Å²) in [6.45, 7) is 4.33. The molecule has 0 aliphatic heterocycles. The van der Waals surface area contributed by atoms with E-state index in [0.29, 0.717) is 11.8 Å². The molecule has 12 rings (SSSR count). The molecule has 1 unspecified atom stereocenters. The van der Waals surface area contributed by atoms with Gasteiger partial charge in [-0.3, -0.25) is 9.56 Å². The molecule has 5 heteroatoms. The van der Waals surface area contributed by atoms with Crippen LogP contribution in [0.3, 0.4) is 0 Å². The van der Waals surface area contributed by atoms with Gasteiger partial charge in [0.2, 0.25) is 5.96 Å². The van der Waals surface area contributed by atoms with Crippen LogP contribution >= 0.6 is 0 Å². The molecule has 12 aromatic rings. The van der Waals surface area contributed by atoms with Crippen molar-refractivity contribution in [2.75, 3.05) is 0 Å². The summed E-state index contributed by atoms with van der Waals surface area (Å²) in [6, 6.07) is 74.7. The van der Waals surface area contributed by atoms with Crippen LogP contribution in [0.5, 0.6) is 0 Å². The molecule has 0 saturated heterocycles. The van der Waals surface area contributed by atoms with Crippen molar-refractivity contribution in [1.29, 1.82) is 0 Å². The number of benzene rings is 10. The molecule has 0 aliphatic rings. The number of furan rings is 1. The molecule has 0 radical (unpaired) electrons. The standard InChI is InChI=1S/C62H46N4O/c1-3-40-28-37-48-47-20-10-11-22-50(47)57-54-26-14-23-51(53-25-15-24-52-49-21-12-13-27-56(49)67-60(52)53)58(54)66(59(57)55(48)38-40)62(63)65-61(46-35-33-45(34-36-46)43-18-8-5-9-19-43)64-39(2)41-29-31-44(32-30-41)42-16-6-4-7-17-42/h4-39H,3H2,1-2H3,(H2,63,64,65). The number of aliphatic imine (C=N–C) groups is 2. The SMILES string of the molecule is CCc1ccc2c3ccccc3c3c4cccc(-c5cccc6c5oc5ccccc56)c4n(C(N)=NC(=NC(C)c4ccc(-c5ccccc5)cc4)c4ccc(-c5ccccc5)cc4)c3c2c1. The molecule has 67 heavy (non-hydrogen) atoms. The van der Waals surface area contributed by atoms with Crippen LogP contribution in [0.1, 0.15) is 36.6 Å². The normalized spacial score (nSPS) is 12.9. The maximum absolute atomic E-state index is 7.66. The molecule has 320 valence electrons. The molecular formula is C62H46N4O. The number of para-hydroxylation sites is 3. The second-order valence-corrected chi connectivity index (χ2v) is 17.4. The summed E-state index contributed by atoms with van der Waals surface area (Å²) in [6.07, 6.45) is 0.896. The fourth-order valence-corrected chi connectivity index (χ4v) is 10.1. The lowest BCUT2D eigenvalue weighted by atomic mass is 9.94. The number of nitrogens with two attached hydrogens (primary N) is 1. The highest BCUT2D eigenvalue weighted by Gasteiger charge is 2.25. The number of hydrogen-bond acceptors (Lipinski definition) is 2. The number of nitrogens with zero attached hydrogens (tertiary/aromatic N) is 3. The Labute approximate surface area is 388 Å². The van der Waals surface area contributed by atoms with Crippen molar-refractivity contribution >= 4 is 77.1 Å². The van der Waals surface area contributed by atoms with Crippen molar-refractivity contribution in [3.8, 4) is 33.4 Å². The Morgan fingerprint density at radius 2 is 1.07 bits per heavy atom. The smallest absolute Gasteiger partial charge is 0.207 e. The van der Waals surface area contributed by atoms with Crippen LogP contribution in [0.4, 0.5) is 0 Å². The molecule has 0 fully saturated rings. The van der Waals surface area contributed by atoms with Crippen LogP contribution in [0.2, 0.25) is 0 Å². The van der Waals surface area contributed by atoms with Gasteiger partial charge in [-0.1, -0.05) is 207 Å². The van der Waals surface area contributed by atoms with Gasteiger partial charge in [0.05, 0.1) is 17.1 Å². The van der Waals surface area contributed by atoms with Crippen molar-refractivity contribution in [3.63, 3.8) is 0 Å². The summed E-state index contributed by atoms with van der Waals surface area (Å²) in [7, 11) is 0. The molecule has 0 amide bonds. The molecule has 0 saturated carbocycles. The third kappa shape index (κ3) is 6.86. The van der Waals surface area contributed by atoms with Gasteiger partial charge in [0.1, 0.15) is 11.2 Å². The Balaban J connectivity index is 1.13. The highest BCUT2D eigenvalue weighted by atomic mass is 16.3. The zero-order valence-corrected chi connectivity index (χ0v) is 37.3. The van der Waals surface area contributed by atoms with Crippen molar-refractivity contribution in [1.82, 2.24) is 4.57 Å².